The Morgan fingerprint density at radius 3 is 2.65 bits per heavy atom. The molecule has 4 nitrogen and oxygen atoms in total. The molecule has 0 aliphatic carbocycles. The lowest BCUT2D eigenvalue weighted by molar-refractivity contribution is 0.0953. The van der Waals surface area contributed by atoms with Crippen molar-refractivity contribution in [1.29, 1.82) is 0 Å². The van der Waals surface area contributed by atoms with Crippen LogP contribution in [0.25, 0.3) is 22.8 Å². The van der Waals surface area contributed by atoms with Crippen LogP contribution < -0.4 is 5.32 Å². The number of carbonyl (C=O) groups excluding carboxylic acids is 1. The normalized spacial score (nSPS) is 10.7. The van der Waals surface area contributed by atoms with E-state index in [4.69, 9.17) is 4.42 Å². The van der Waals surface area contributed by atoms with Crippen molar-refractivity contribution >= 4 is 5.91 Å². The predicted octanol–water partition coefficient (Wildman–Crippen LogP) is 5.07. The third-order valence-electron chi connectivity index (χ3n) is 4.10. The van der Waals surface area contributed by atoms with Gasteiger partial charge in [-0.1, -0.05) is 31.9 Å². The van der Waals surface area contributed by atoms with E-state index < -0.39 is 0 Å². The molecule has 0 atom stereocenters. The van der Waals surface area contributed by atoms with Crippen molar-refractivity contribution in [3.63, 3.8) is 0 Å². The van der Waals surface area contributed by atoms with Gasteiger partial charge in [-0.05, 0) is 42.8 Å². The van der Waals surface area contributed by atoms with Crippen molar-refractivity contribution in [3.8, 4) is 22.8 Å². The zero-order valence-corrected chi connectivity index (χ0v) is 14.7. The first-order chi connectivity index (χ1) is 12.7. The van der Waals surface area contributed by atoms with E-state index in [2.05, 4.69) is 17.2 Å². The molecule has 0 saturated carbocycles. The standard InChI is InChI=1S/C21H21FN2O2/c1-2-3-6-13-23-20(25)17-7-4-5-8-18(17)21-24-14-19(26-21)15-9-11-16(22)12-10-15/h4-5,7-12,14H,2-3,6,13H2,1H3,(H,23,25). The summed E-state index contributed by atoms with van der Waals surface area (Å²) in [6.45, 7) is 2.77. The average molecular weight is 352 g/mol. The molecule has 0 unspecified atom stereocenters. The molecule has 0 fully saturated rings. The van der Waals surface area contributed by atoms with Gasteiger partial charge in [0.05, 0.1) is 11.8 Å². The van der Waals surface area contributed by atoms with Crippen LogP contribution in [0.5, 0.6) is 0 Å². The highest BCUT2D eigenvalue weighted by molar-refractivity contribution is 6.00. The summed E-state index contributed by atoms with van der Waals surface area (Å²) in [5, 5.41) is 2.94. The van der Waals surface area contributed by atoms with E-state index in [9.17, 15) is 9.18 Å². The molecule has 1 heterocycles. The first-order valence-corrected chi connectivity index (χ1v) is 8.78. The summed E-state index contributed by atoms with van der Waals surface area (Å²) >= 11 is 0. The third kappa shape index (κ3) is 4.17. The molecule has 3 rings (SSSR count). The minimum absolute atomic E-state index is 0.141. The highest BCUT2D eigenvalue weighted by Crippen LogP contribution is 2.28. The second-order valence-electron chi connectivity index (χ2n) is 6.05. The van der Waals surface area contributed by atoms with E-state index in [1.165, 1.54) is 12.1 Å². The number of oxazole rings is 1. The molecule has 2 aromatic carbocycles. The number of nitrogens with one attached hydrogen (secondary N) is 1. The van der Waals surface area contributed by atoms with Gasteiger partial charge in [0.25, 0.3) is 5.91 Å². The fourth-order valence-electron chi connectivity index (χ4n) is 2.69. The maximum atomic E-state index is 13.1. The van der Waals surface area contributed by atoms with Gasteiger partial charge in [-0.25, -0.2) is 9.37 Å². The number of nitrogens with zero attached hydrogens (tertiary/aromatic N) is 1. The van der Waals surface area contributed by atoms with Crippen LogP contribution in [0.3, 0.4) is 0 Å². The number of rotatable bonds is 7. The van der Waals surface area contributed by atoms with Crippen LogP contribution in [-0.4, -0.2) is 17.4 Å². The van der Waals surface area contributed by atoms with Crippen molar-refractivity contribution < 1.29 is 13.6 Å². The molecule has 0 radical (unpaired) electrons. The van der Waals surface area contributed by atoms with Gasteiger partial charge in [0.15, 0.2) is 5.76 Å². The van der Waals surface area contributed by atoms with Crippen LogP contribution in [-0.2, 0) is 0 Å². The van der Waals surface area contributed by atoms with E-state index in [1.54, 1.807) is 30.5 Å². The van der Waals surface area contributed by atoms with E-state index in [-0.39, 0.29) is 11.7 Å². The molecule has 26 heavy (non-hydrogen) atoms. The van der Waals surface area contributed by atoms with Crippen LogP contribution in [0, 0.1) is 5.82 Å². The Bertz CT molecular complexity index is 872. The molecule has 1 amide bonds. The number of aromatic nitrogens is 1. The van der Waals surface area contributed by atoms with Crippen molar-refractivity contribution in [2.45, 2.75) is 26.2 Å². The van der Waals surface area contributed by atoms with Gasteiger partial charge in [0.2, 0.25) is 5.89 Å². The summed E-state index contributed by atoms with van der Waals surface area (Å²) < 4.78 is 18.9. The largest absolute Gasteiger partial charge is 0.436 e. The molecular weight excluding hydrogens is 331 g/mol. The van der Waals surface area contributed by atoms with Crippen molar-refractivity contribution in [3.05, 3.63) is 66.1 Å². The fourth-order valence-corrected chi connectivity index (χ4v) is 2.69. The molecule has 134 valence electrons. The van der Waals surface area contributed by atoms with Gasteiger partial charge >= 0.3 is 0 Å². The first-order valence-electron chi connectivity index (χ1n) is 8.78. The highest BCUT2D eigenvalue weighted by atomic mass is 19.1. The second-order valence-corrected chi connectivity index (χ2v) is 6.05. The van der Waals surface area contributed by atoms with Gasteiger partial charge in [0.1, 0.15) is 5.82 Å². The number of unbranched alkanes of at least 4 members (excludes halogenated alkanes) is 2. The molecule has 0 saturated heterocycles. The molecule has 3 aromatic rings. The second kappa shape index (κ2) is 8.43. The Balaban J connectivity index is 1.82. The molecular formula is C21H21FN2O2. The van der Waals surface area contributed by atoms with E-state index in [0.717, 1.165) is 24.8 Å². The van der Waals surface area contributed by atoms with Gasteiger partial charge in [-0.15, -0.1) is 0 Å². The summed E-state index contributed by atoms with van der Waals surface area (Å²) in [5.74, 6) is 0.443. The van der Waals surface area contributed by atoms with Crippen molar-refractivity contribution in [2.75, 3.05) is 6.54 Å². The zero-order chi connectivity index (χ0) is 18.4. The molecule has 5 heteroatoms. The summed E-state index contributed by atoms with van der Waals surface area (Å²) in [4.78, 5) is 16.8. The number of hydrogen-bond donors (Lipinski definition) is 1. The van der Waals surface area contributed by atoms with Crippen LogP contribution in [0.2, 0.25) is 0 Å². The Hall–Kier alpha value is -2.95. The number of halogens is 1. The van der Waals surface area contributed by atoms with Crippen LogP contribution in [0.4, 0.5) is 4.39 Å². The van der Waals surface area contributed by atoms with Crippen LogP contribution in [0.15, 0.2) is 59.1 Å². The van der Waals surface area contributed by atoms with E-state index in [1.807, 2.05) is 12.1 Å². The molecule has 1 aromatic heterocycles. The summed E-state index contributed by atoms with van der Waals surface area (Å²) in [5.41, 5.74) is 1.89. The number of carbonyl (C=O) groups is 1. The molecule has 0 aliphatic heterocycles. The molecule has 1 N–H and O–H groups in total. The summed E-state index contributed by atoms with van der Waals surface area (Å²) in [6.07, 6.45) is 4.73. The smallest absolute Gasteiger partial charge is 0.252 e. The SMILES string of the molecule is CCCCCNC(=O)c1ccccc1-c1ncc(-c2ccc(F)cc2)o1. The van der Waals surface area contributed by atoms with Crippen LogP contribution in [0.1, 0.15) is 36.5 Å². The Kier molecular flexibility index (Phi) is 5.79. The Morgan fingerprint density at radius 2 is 1.88 bits per heavy atom. The third-order valence-corrected chi connectivity index (χ3v) is 4.10. The minimum Gasteiger partial charge on any atom is -0.436 e. The molecule has 0 bridgehead atoms. The Morgan fingerprint density at radius 1 is 1.12 bits per heavy atom. The van der Waals surface area contributed by atoms with Gasteiger partial charge in [-0.2, -0.15) is 0 Å². The fraction of sp³-hybridized carbons (Fsp3) is 0.238. The maximum absolute atomic E-state index is 13.1. The predicted molar refractivity (Wildman–Crippen MR) is 99.2 cm³/mol. The maximum Gasteiger partial charge on any atom is 0.252 e. The number of hydrogen-bond acceptors (Lipinski definition) is 3. The molecule has 0 spiro atoms. The van der Waals surface area contributed by atoms with Gasteiger partial charge in [-0.3, -0.25) is 4.79 Å². The number of benzene rings is 2. The number of amides is 1. The summed E-state index contributed by atoms with van der Waals surface area (Å²) in [7, 11) is 0. The van der Waals surface area contributed by atoms with Crippen LogP contribution >= 0.6 is 0 Å². The lowest BCUT2D eigenvalue weighted by atomic mass is 10.1. The zero-order valence-electron chi connectivity index (χ0n) is 14.7. The molecule has 0 aliphatic rings. The van der Waals surface area contributed by atoms with Crippen molar-refractivity contribution in [1.82, 2.24) is 10.3 Å². The lowest BCUT2D eigenvalue weighted by Gasteiger charge is -2.08. The van der Waals surface area contributed by atoms with E-state index in [0.29, 0.717) is 29.3 Å². The minimum atomic E-state index is -0.307. The summed E-state index contributed by atoms with van der Waals surface area (Å²) in [6, 6.07) is 13.2. The average Bonchev–Trinajstić information content (AvgIpc) is 3.16. The van der Waals surface area contributed by atoms with Gasteiger partial charge < -0.3 is 9.73 Å². The monoisotopic (exact) mass is 352 g/mol. The lowest BCUT2D eigenvalue weighted by Crippen LogP contribution is -2.25. The quantitative estimate of drug-likeness (QED) is 0.604. The van der Waals surface area contributed by atoms with Crippen molar-refractivity contribution in [2.24, 2.45) is 0 Å². The topological polar surface area (TPSA) is 55.1 Å². The first kappa shape index (κ1) is 17.9. The van der Waals surface area contributed by atoms with E-state index >= 15 is 0 Å². The Labute approximate surface area is 152 Å². The van der Waals surface area contributed by atoms with Gasteiger partial charge in [0, 0.05) is 17.7 Å². The highest BCUT2D eigenvalue weighted by Gasteiger charge is 2.16.